The minimum absolute atomic E-state index is 0.0312. The topological polar surface area (TPSA) is 93.1 Å². The number of nitrogens with zero attached hydrogens (tertiary/aromatic N) is 1. The van der Waals surface area contributed by atoms with Crippen LogP contribution in [0.1, 0.15) is 67.2 Å². The van der Waals surface area contributed by atoms with Gasteiger partial charge in [0, 0.05) is 12.6 Å². The Bertz CT molecular complexity index is 503. The first-order valence-electron chi connectivity index (χ1n) is 8.75. The Kier molecular flexibility index (Phi) is 6.85. The van der Waals surface area contributed by atoms with Crippen molar-refractivity contribution in [3.63, 3.8) is 0 Å². The van der Waals surface area contributed by atoms with Crippen LogP contribution in [-0.2, 0) is 19.1 Å². The number of carboxylic acid groups (broad SMARTS) is 1. The molecule has 0 spiro atoms. The molecule has 0 aromatic heterocycles. The lowest BCUT2D eigenvalue weighted by molar-refractivity contribution is -0.168. The number of rotatable bonds is 4. The van der Waals surface area contributed by atoms with Gasteiger partial charge in [0.05, 0.1) is 0 Å². The van der Waals surface area contributed by atoms with E-state index in [0.717, 1.165) is 12.8 Å². The number of carbonyl (C=O) groups is 3. The molecule has 0 radical (unpaired) electrons. The van der Waals surface area contributed by atoms with E-state index in [1.54, 1.807) is 46.4 Å². The highest BCUT2D eigenvalue weighted by atomic mass is 16.6. The average Bonchev–Trinajstić information content (AvgIpc) is 2.40. The molecule has 1 rings (SSSR count). The van der Waals surface area contributed by atoms with Crippen molar-refractivity contribution in [2.45, 2.75) is 84.5 Å². The number of amides is 1. The largest absolute Gasteiger partial charge is 0.481 e. The number of piperidine rings is 1. The molecule has 1 aliphatic rings. The fourth-order valence-electron chi connectivity index (χ4n) is 2.75. The number of carboxylic acids is 1. The van der Waals surface area contributed by atoms with Crippen molar-refractivity contribution in [1.29, 1.82) is 0 Å². The second kappa shape index (κ2) is 8.06. The molecule has 1 N–H and O–H groups in total. The van der Waals surface area contributed by atoms with Crippen molar-refractivity contribution in [2.24, 2.45) is 5.92 Å². The van der Waals surface area contributed by atoms with Gasteiger partial charge >= 0.3 is 18.0 Å². The molecule has 1 unspecified atom stereocenters. The maximum absolute atomic E-state index is 12.4. The predicted octanol–water partition coefficient (Wildman–Crippen LogP) is 3.21. The van der Waals surface area contributed by atoms with Gasteiger partial charge in [0.1, 0.15) is 11.2 Å². The van der Waals surface area contributed by atoms with Crippen LogP contribution in [0.4, 0.5) is 4.79 Å². The quantitative estimate of drug-likeness (QED) is 0.613. The minimum atomic E-state index is -1.30. The summed E-state index contributed by atoms with van der Waals surface area (Å²) in [5, 5.41) is 9.45. The zero-order chi connectivity index (χ0) is 19.4. The number of carbonyl (C=O) groups excluding carboxylic acids is 2. The van der Waals surface area contributed by atoms with Crippen LogP contribution in [0.3, 0.4) is 0 Å². The minimum Gasteiger partial charge on any atom is -0.481 e. The van der Waals surface area contributed by atoms with Crippen LogP contribution in [0.25, 0.3) is 0 Å². The van der Waals surface area contributed by atoms with E-state index in [-0.39, 0.29) is 12.5 Å². The van der Waals surface area contributed by atoms with Crippen LogP contribution >= 0.6 is 0 Å². The normalized spacial score (nSPS) is 19.9. The van der Waals surface area contributed by atoms with Crippen LogP contribution in [0, 0.1) is 5.92 Å². The molecule has 1 amide bonds. The number of hydrogen-bond donors (Lipinski definition) is 1. The van der Waals surface area contributed by atoms with Gasteiger partial charge in [-0.3, -0.25) is 9.59 Å². The number of esters is 1. The predicted molar refractivity (Wildman–Crippen MR) is 92.2 cm³/mol. The maximum Gasteiger partial charge on any atom is 0.410 e. The summed E-state index contributed by atoms with van der Waals surface area (Å²) in [6.07, 6.45) is 1.92. The first kappa shape index (κ1) is 21.3. The maximum atomic E-state index is 12.4. The van der Waals surface area contributed by atoms with Crippen molar-refractivity contribution in [2.75, 3.05) is 6.54 Å². The zero-order valence-corrected chi connectivity index (χ0v) is 16.1. The Morgan fingerprint density at radius 1 is 1.04 bits per heavy atom. The summed E-state index contributed by atoms with van der Waals surface area (Å²) < 4.78 is 10.6. The number of likely N-dealkylation sites (tertiary alicyclic amines) is 1. The standard InChI is InChI=1S/C18H31NO6/c1-17(2,3)24-15(22)13(14(20)21)11-12-9-7-8-10-19(12)16(23)25-18(4,5)6/h12-13H,7-11H2,1-6H3,(H,20,21)/t12?,13-/m0/s1. The molecule has 0 saturated carbocycles. The molecule has 1 saturated heterocycles. The third-order valence-corrected chi connectivity index (χ3v) is 3.75. The van der Waals surface area contributed by atoms with Gasteiger partial charge in [0.2, 0.25) is 0 Å². The lowest BCUT2D eigenvalue weighted by Gasteiger charge is -2.37. The van der Waals surface area contributed by atoms with Crippen molar-refractivity contribution in [3.05, 3.63) is 0 Å². The van der Waals surface area contributed by atoms with Gasteiger partial charge in [-0.15, -0.1) is 0 Å². The Labute approximate surface area is 149 Å². The molecular formula is C18H31NO6. The summed E-state index contributed by atoms with van der Waals surface area (Å²) in [5.41, 5.74) is -1.39. The third-order valence-electron chi connectivity index (χ3n) is 3.75. The van der Waals surface area contributed by atoms with Crippen LogP contribution in [0.15, 0.2) is 0 Å². The first-order chi connectivity index (χ1) is 11.3. The Hall–Kier alpha value is -1.79. The van der Waals surface area contributed by atoms with Crippen molar-refractivity contribution < 1.29 is 29.0 Å². The molecule has 1 fully saturated rings. The number of hydrogen-bond acceptors (Lipinski definition) is 5. The molecule has 0 aromatic rings. The van der Waals surface area contributed by atoms with E-state index in [1.165, 1.54) is 0 Å². The van der Waals surface area contributed by atoms with Crippen molar-refractivity contribution >= 4 is 18.0 Å². The molecule has 1 aliphatic heterocycles. The van der Waals surface area contributed by atoms with E-state index in [2.05, 4.69) is 0 Å². The van der Waals surface area contributed by atoms with E-state index in [4.69, 9.17) is 9.47 Å². The Morgan fingerprint density at radius 3 is 2.08 bits per heavy atom. The molecule has 1 heterocycles. The zero-order valence-electron chi connectivity index (χ0n) is 16.1. The second-order valence-electron chi connectivity index (χ2n) is 8.48. The lowest BCUT2D eigenvalue weighted by Crippen LogP contribution is -2.48. The molecule has 0 bridgehead atoms. The highest BCUT2D eigenvalue weighted by Crippen LogP contribution is 2.26. The number of aliphatic carboxylic acids is 1. The smallest absolute Gasteiger partial charge is 0.410 e. The third kappa shape index (κ3) is 7.32. The average molecular weight is 357 g/mol. The van der Waals surface area contributed by atoms with Gasteiger partial charge in [0.15, 0.2) is 5.92 Å². The van der Waals surface area contributed by atoms with E-state index in [9.17, 15) is 19.5 Å². The van der Waals surface area contributed by atoms with Gasteiger partial charge in [-0.1, -0.05) is 0 Å². The SMILES string of the molecule is CC(C)(C)OC(=O)[C@@H](CC1CCCCN1C(=O)OC(C)(C)C)C(=O)O. The first-order valence-corrected chi connectivity index (χ1v) is 8.75. The van der Waals surface area contributed by atoms with Crippen molar-refractivity contribution in [3.8, 4) is 0 Å². The molecule has 144 valence electrons. The fourth-order valence-corrected chi connectivity index (χ4v) is 2.75. The highest BCUT2D eigenvalue weighted by Gasteiger charge is 2.38. The monoisotopic (exact) mass is 357 g/mol. The highest BCUT2D eigenvalue weighted by molar-refractivity contribution is 5.94. The fraction of sp³-hybridized carbons (Fsp3) is 0.833. The molecular weight excluding hydrogens is 326 g/mol. The van der Waals surface area contributed by atoms with Crippen LogP contribution in [-0.4, -0.2) is 51.8 Å². The Balaban J connectivity index is 2.87. The van der Waals surface area contributed by atoms with Gasteiger partial charge in [-0.25, -0.2) is 4.79 Å². The summed E-state index contributed by atoms with van der Waals surface area (Å²) in [6, 6.07) is -0.350. The van der Waals surface area contributed by atoms with Gasteiger partial charge < -0.3 is 19.5 Å². The molecule has 7 nitrogen and oxygen atoms in total. The van der Waals surface area contributed by atoms with Crippen LogP contribution in [0.2, 0.25) is 0 Å². The van der Waals surface area contributed by atoms with Crippen LogP contribution < -0.4 is 0 Å². The summed E-state index contributed by atoms with van der Waals surface area (Å²) >= 11 is 0. The van der Waals surface area contributed by atoms with E-state index in [0.29, 0.717) is 13.0 Å². The van der Waals surface area contributed by atoms with Crippen LogP contribution in [0.5, 0.6) is 0 Å². The van der Waals surface area contributed by atoms with Crippen molar-refractivity contribution in [1.82, 2.24) is 4.90 Å². The van der Waals surface area contributed by atoms with Gasteiger partial charge in [0.25, 0.3) is 0 Å². The summed E-state index contributed by atoms with van der Waals surface area (Å²) in [6.45, 7) is 10.9. The van der Waals surface area contributed by atoms with Gasteiger partial charge in [-0.05, 0) is 67.2 Å². The lowest BCUT2D eigenvalue weighted by atomic mass is 9.92. The summed E-state index contributed by atoms with van der Waals surface area (Å²) in [5.74, 6) is -3.30. The Morgan fingerprint density at radius 2 is 1.60 bits per heavy atom. The molecule has 0 aromatic carbocycles. The summed E-state index contributed by atoms with van der Waals surface area (Å²) in [7, 11) is 0. The molecule has 7 heteroatoms. The van der Waals surface area contributed by atoms with E-state index < -0.39 is 35.2 Å². The molecule has 0 aliphatic carbocycles. The number of ether oxygens (including phenoxy) is 2. The van der Waals surface area contributed by atoms with E-state index >= 15 is 0 Å². The molecule has 2 atom stereocenters. The second-order valence-corrected chi connectivity index (χ2v) is 8.48. The van der Waals surface area contributed by atoms with E-state index in [1.807, 2.05) is 0 Å². The molecule has 25 heavy (non-hydrogen) atoms. The van der Waals surface area contributed by atoms with Gasteiger partial charge in [-0.2, -0.15) is 0 Å². The summed E-state index contributed by atoms with van der Waals surface area (Å²) in [4.78, 5) is 37.8.